The molecule has 0 saturated carbocycles. The molecule has 2 heterocycles. The number of pyridine rings is 1. The molecule has 6 heteroatoms. The van der Waals surface area contributed by atoms with Crippen LogP contribution in [-0.4, -0.2) is 43.1 Å². The molecule has 0 aliphatic carbocycles. The largest absolute Gasteiger partial charge is 0.493 e. The van der Waals surface area contributed by atoms with Gasteiger partial charge in [0.2, 0.25) is 5.91 Å². The smallest absolute Gasteiger partial charge is 0.234 e. The van der Waals surface area contributed by atoms with E-state index in [1.165, 1.54) is 27.8 Å². The molecule has 1 aromatic heterocycles. The number of carbonyl (C=O) groups is 1. The number of amides is 1. The molecule has 1 atom stereocenters. The first-order chi connectivity index (χ1) is 17.6. The van der Waals surface area contributed by atoms with Crippen LogP contribution in [0.2, 0.25) is 0 Å². The highest BCUT2D eigenvalue weighted by atomic mass is 16.5. The zero-order valence-electron chi connectivity index (χ0n) is 21.8. The maximum atomic E-state index is 13.0. The number of fused-ring (bicyclic) bond motifs is 1. The SMILES string of the molecule is CCc1ccc(CC2c3cc(OC)c(OC)cc3CCN2CC(=O)NCc2cccnc2)cc1CC. The van der Waals surface area contributed by atoms with Crippen molar-refractivity contribution in [2.45, 2.75) is 52.1 Å². The molecule has 0 bridgehead atoms. The molecular weight excluding hydrogens is 450 g/mol. The van der Waals surface area contributed by atoms with Crippen molar-refractivity contribution in [3.63, 3.8) is 0 Å². The quantitative estimate of drug-likeness (QED) is 0.450. The van der Waals surface area contributed by atoms with Crippen LogP contribution in [-0.2, 0) is 37.0 Å². The number of aryl methyl sites for hydroxylation is 2. The van der Waals surface area contributed by atoms with Gasteiger partial charge in [0.1, 0.15) is 0 Å². The normalized spacial score (nSPS) is 15.3. The molecule has 0 spiro atoms. The number of benzene rings is 2. The van der Waals surface area contributed by atoms with Crippen molar-refractivity contribution >= 4 is 5.91 Å². The van der Waals surface area contributed by atoms with Crippen LogP contribution in [0.4, 0.5) is 0 Å². The van der Waals surface area contributed by atoms with Crippen LogP contribution in [0, 0.1) is 0 Å². The van der Waals surface area contributed by atoms with E-state index >= 15 is 0 Å². The number of hydrogen-bond acceptors (Lipinski definition) is 5. The summed E-state index contributed by atoms with van der Waals surface area (Å²) in [6.45, 7) is 6.04. The van der Waals surface area contributed by atoms with Crippen molar-refractivity contribution in [2.75, 3.05) is 27.3 Å². The highest BCUT2D eigenvalue weighted by Crippen LogP contribution is 2.39. The van der Waals surface area contributed by atoms with E-state index in [2.05, 4.69) is 59.4 Å². The molecule has 190 valence electrons. The Labute approximate surface area is 214 Å². The van der Waals surface area contributed by atoms with E-state index in [4.69, 9.17) is 9.47 Å². The highest BCUT2D eigenvalue weighted by molar-refractivity contribution is 5.78. The second kappa shape index (κ2) is 12.0. The van der Waals surface area contributed by atoms with Crippen LogP contribution in [0.1, 0.15) is 53.3 Å². The van der Waals surface area contributed by atoms with Gasteiger partial charge in [0, 0.05) is 31.5 Å². The van der Waals surface area contributed by atoms with E-state index in [1.807, 2.05) is 12.1 Å². The van der Waals surface area contributed by atoms with E-state index < -0.39 is 0 Å². The summed E-state index contributed by atoms with van der Waals surface area (Å²) in [7, 11) is 3.34. The standard InChI is InChI=1S/C30H37N3O3/c1-5-23-10-9-21(14-24(23)6-2)15-27-26-17-29(36-4)28(35-3)16-25(26)11-13-33(27)20-30(34)32-19-22-8-7-12-31-18-22/h7-10,12,14,16-18,27H,5-6,11,13,15,19-20H2,1-4H3,(H,32,34). The number of hydrogen-bond donors (Lipinski definition) is 1. The van der Waals surface area contributed by atoms with Crippen LogP contribution in [0.5, 0.6) is 11.5 Å². The van der Waals surface area contributed by atoms with Crippen LogP contribution in [0.25, 0.3) is 0 Å². The Bertz CT molecular complexity index is 1180. The van der Waals surface area contributed by atoms with Crippen molar-refractivity contribution in [3.8, 4) is 11.5 Å². The number of aromatic nitrogens is 1. The maximum Gasteiger partial charge on any atom is 0.234 e. The first-order valence-electron chi connectivity index (χ1n) is 12.8. The Morgan fingerprint density at radius 2 is 1.81 bits per heavy atom. The molecule has 4 rings (SSSR count). The van der Waals surface area contributed by atoms with Gasteiger partial charge < -0.3 is 14.8 Å². The van der Waals surface area contributed by atoms with Crippen LogP contribution in [0.3, 0.4) is 0 Å². The number of carbonyl (C=O) groups excluding carboxylic acids is 1. The summed E-state index contributed by atoms with van der Waals surface area (Å²) in [5.74, 6) is 1.49. The summed E-state index contributed by atoms with van der Waals surface area (Å²) in [6.07, 6.45) is 7.26. The first-order valence-corrected chi connectivity index (χ1v) is 12.8. The lowest BCUT2D eigenvalue weighted by Crippen LogP contribution is -2.43. The van der Waals surface area contributed by atoms with Crippen LogP contribution >= 0.6 is 0 Å². The number of methoxy groups -OCH3 is 2. The maximum absolute atomic E-state index is 13.0. The van der Waals surface area contributed by atoms with Crippen LogP contribution < -0.4 is 14.8 Å². The minimum atomic E-state index is 0.0170. The fourth-order valence-electron chi connectivity index (χ4n) is 5.16. The molecule has 1 N–H and O–H groups in total. The third-order valence-electron chi connectivity index (χ3n) is 7.13. The zero-order chi connectivity index (χ0) is 25.5. The second-order valence-electron chi connectivity index (χ2n) is 9.29. The molecule has 36 heavy (non-hydrogen) atoms. The summed E-state index contributed by atoms with van der Waals surface area (Å²) >= 11 is 0. The summed E-state index contributed by atoms with van der Waals surface area (Å²) in [4.78, 5) is 19.4. The fraction of sp³-hybridized carbons (Fsp3) is 0.400. The van der Waals surface area contributed by atoms with E-state index in [9.17, 15) is 4.79 Å². The van der Waals surface area contributed by atoms with Gasteiger partial charge in [-0.3, -0.25) is 14.7 Å². The molecule has 3 aromatic rings. The molecule has 0 radical (unpaired) electrons. The Hall–Kier alpha value is -3.38. The average molecular weight is 488 g/mol. The Morgan fingerprint density at radius 1 is 1.03 bits per heavy atom. The summed E-state index contributed by atoms with van der Waals surface area (Å²) in [5.41, 5.74) is 7.55. The highest BCUT2D eigenvalue weighted by Gasteiger charge is 2.30. The third kappa shape index (κ3) is 5.88. The van der Waals surface area contributed by atoms with Gasteiger partial charge in [-0.05, 0) is 77.3 Å². The van der Waals surface area contributed by atoms with E-state index in [1.54, 1.807) is 26.6 Å². The molecule has 0 saturated heterocycles. The average Bonchev–Trinajstić information content (AvgIpc) is 2.92. The monoisotopic (exact) mass is 487 g/mol. The van der Waals surface area contributed by atoms with E-state index in [0.29, 0.717) is 13.1 Å². The van der Waals surface area contributed by atoms with Gasteiger partial charge >= 0.3 is 0 Å². The van der Waals surface area contributed by atoms with E-state index in [-0.39, 0.29) is 11.9 Å². The first kappa shape index (κ1) is 25.7. The lowest BCUT2D eigenvalue weighted by atomic mass is 9.87. The van der Waals surface area contributed by atoms with Crippen molar-refractivity contribution in [1.82, 2.24) is 15.2 Å². The van der Waals surface area contributed by atoms with Gasteiger partial charge in [-0.25, -0.2) is 0 Å². The van der Waals surface area contributed by atoms with Crippen molar-refractivity contribution in [1.29, 1.82) is 0 Å². The molecule has 0 fully saturated rings. The molecule has 1 unspecified atom stereocenters. The lowest BCUT2D eigenvalue weighted by molar-refractivity contribution is -0.123. The molecule has 6 nitrogen and oxygen atoms in total. The second-order valence-corrected chi connectivity index (χ2v) is 9.29. The predicted molar refractivity (Wildman–Crippen MR) is 143 cm³/mol. The predicted octanol–water partition coefficient (Wildman–Crippen LogP) is 4.68. The van der Waals surface area contributed by atoms with E-state index in [0.717, 1.165) is 49.3 Å². The summed E-state index contributed by atoms with van der Waals surface area (Å²) in [5, 5.41) is 3.06. The van der Waals surface area contributed by atoms with Crippen molar-refractivity contribution in [3.05, 3.63) is 88.2 Å². The molecular formula is C30H37N3O3. The Kier molecular flexibility index (Phi) is 8.60. The van der Waals surface area contributed by atoms with Gasteiger partial charge in [-0.15, -0.1) is 0 Å². The van der Waals surface area contributed by atoms with Gasteiger partial charge in [0.25, 0.3) is 0 Å². The Morgan fingerprint density at radius 3 is 2.50 bits per heavy atom. The Balaban J connectivity index is 1.61. The topological polar surface area (TPSA) is 63.7 Å². The minimum absolute atomic E-state index is 0.0170. The molecule has 1 amide bonds. The number of ether oxygens (including phenoxy) is 2. The molecule has 1 aliphatic rings. The third-order valence-corrected chi connectivity index (χ3v) is 7.13. The number of nitrogens with zero attached hydrogens (tertiary/aromatic N) is 2. The molecule has 2 aromatic carbocycles. The van der Waals surface area contributed by atoms with Gasteiger partial charge in [-0.1, -0.05) is 38.1 Å². The summed E-state index contributed by atoms with van der Waals surface area (Å²) in [6, 6.07) is 15.0. The van der Waals surface area contributed by atoms with Gasteiger partial charge in [-0.2, -0.15) is 0 Å². The van der Waals surface area contributed by atoms with Crippen molar-refractivity contribution in [2.24, 2.45) is 0 Å². The van der Waals surface area contributed by atoms with Crippen LogP contribution in [0.15, 0.2) is 54.9 Å². The molecule has 1 aliphatic heterocycles. The number of rotatable bonds is 10. The minimum Gasteiger partial charge on any atom is -0.493 e. The lowest BCUT2D eigenvalue weighted by Gasteiger charge is -2.37. The summed E-state index contributed by atoms with van der Waals surface area (Å²) < 4.78 is 11.2. The number of nitrogens with one attached hydrogen (secondary N) is 1. The van der Waals surface area contributed by atoms with Gasteiger partial charge in [0.15, 0.2) is 11.5 Å². The zero-order valence-corrected chi connectivity index (χ0v) is 21.8. The van der Waals surface area contributed by atoms with Gasteiger partial charge in [0.05, 0.1) is 20.8 Å². The fourth-order valence-corrected chi connectivity index (χ4v) is 5.16. The van der Waals surface area contributed by atoms with Crippen molar-refractivity contribution < 1.29 is 14.3 Å².